The van der Waals surface area contributed by atoms with Crippen LogP contribution in [0.1, 0.15) is 18.4 Å². The third-order valence-electron chi connectivity index (χ3n) is 3.81. The van der Waals surface area contributed by atoms with Gasteiger partial charge in [0, 0.05) is 32.2 Å². The third-order valence-corrected chi connectivity index (χ3v) is 4.55. The van der Waals surface area contributed by atoms with Gasteiger partial charge < -0.3 is 10.2 Å². The van der Waals surface area contributed by atoms with Crippen molar-refractivity contribution in [1.82, 2.24) is 5.32 Å². The van der Waals surface area contributed by atoms with E-state index in [4.69, 9.17) is 23.2 Å². The number of hydrogen-bond donors (Lipinski definition) is 1. The quantitative estimate of drug-likeness (QED) is 0.695. The molecule has 0 saturated heterocycles. The molecular weight excluding hydrogens is 343 g/mol. The number of anilines is 1. The summed E-state index contributed by atoms with van der Waals surface area (Å²) in [7, 11) is 2.06. The second-order valence-electron chi connectivity index (χ2n) is 5.71. The Balaban J connectivity index is 1.63. The van der Waals surface area contributed by atoms with Crippen molar-refractivity contribution in [1.29, 1.82) is 0 Å². The Morgan fingerprint density at radius 2 is 1.83 bits per heavy atom. The van der Waals surface area contributed by atoms with E-state index in [0.717, 1.165) is 18.5 Å². The average Bonchev–Trinajstić information content (AvgIpc) is 2.60. The lowest BCUT2D eigenvalue weighted by Crippen LogP contribution is -2.28. The first-order chi connectivity index (χ1) is 11.6. The number of halogens is 2. The molecule has 3 nitrogen and oxygen atoms in total. The highest BCUT2D eigenvalue weighted by Crippen LogP contribution is 2.23. The van der Waals surface area contributed by atoms with Crippen molar-refractivity contribution in [2.24, 2.45) is 0 Å². The van der Waals surface area contributed by atoms with Gasteiger partial charge >= 0.3 is 0 Å². The fourth-order valence-corrected chi connectivity index (χ4v) is 2.72. The largest absolute Gasteiger partial charge is 0.375 e. The van der Waals surface area contributed by atoms with E-state index < -0.39 is 0 Å². The van der Waals surface area contributed by atoms with Gasteiger partial charge in [-0.2, -0.15) is 0 Å². The molecular formula is C19H22Cl2N2O. The number of carbonyl (C=O) groups is 1. The van der Waals surface area contributed by atoms with Gasteiger partial charge in [-0.05, 0) is 42.7 Å². The van der Waals surface area contributed by atoms with Gasteiger partial charge in [0.25, 0.3) is 0 Å². The summed E-state index contributed by atoms with van der Waals surface area (Å²) in [5, 5.41) is 4.02. The average molecular weight is 365 g/mol. The predicted octanol–water partition coefficient (Wildman–Crippen LogP) is 4.57. The molecule has 0 spiro atoms. The molecule has 128 valence electrons. The van der Waals surface area contributed by atoms with Gasteiger partial charge in [0.2, 0.25) is 5.91 Å². The van der Waals surface area contributed by atoms with Crippen molar-refractivity contribution in [3.63, 3.8) is 0 Å². The van der Waals surface area contributed by atoms with Crippen LogP contribution < -0.4 is 10.2 Å². The fourth-order valence-electron chi connectivity index (χ4n) is 2.40. The van der Waals surface area contributed by atoms with E-state index in [-0.39, 0.29) is 5.91 Å². The molecule has 1 amide bonds. The van der Waals surface area contributed by atoms with Crippen molar-refractivity contribution in [2.75, 3.05) is 25.0 Å². The highest BCUT2D eigenvalue weighted by Gasteiger charge is 2.05. The van der Waals surface area contributed by atoms with Gasteiger partial charge in [-0.3, -0.25) is 4.79 Å². The van der Waals surface area contributed by atoms with E-state index >= 15 is 0 Å². The highest BCUT2D eigenvalue weighted by molar-refractivity contribution is 6.42. The second-order valence-corrected chi connectivity index (χ2v) is 6.52. The Morgan fingerprint density at radius 1 is 1.08 bits per heavy atom. The Hall–Kier alpha value is -1.71. The van der Waals surface area contributed by atoms with E-state index in [1.54, 1.807) is 6.07 Å². The van der Waals surface area contributed by atoms with E-state index in [9.17, 15) is 4.79 Å². The number of carbonyl (C=O) groups excluding carboxylic acids is 1. The molecule has 0 bridgehead atoms. The number of hydrogen-bond acceptors (Lipinski definition) is 2. The summed E-state index contributed by atoms with van der Waals surface area (Å²) in [5.74, 6) is 0.0587. The zero-order valence-corrected chi connectivity index (χ0v) is 15.3. The molecule has 0 saturated carbocycles. The normalized spacial score (nSPS) is 10.5. The van der Waals surface area contributed by atoms with Crippen LogP contribution in [0.5, 0.6) is 0 Å². The van der Waals surface area contributed by atoms with Crippen LogP contribution in [0.3, 0.4) is 0 Å². The van der Waals surface area contributed by atoms with Crippen LogP contribution in [0.4, 0.5) is 5.69 Å². The van der Waals surface area contributed by atoms with Crippen molar-refractivity contribution in [3.8, 4) is 0 Å². The summed E-state index contributed by atoms with van der Waals surface area (Å²) in [6, 6.07) is 15.7. The van der Waals surface area contributed by atoms with Gasteiger partial charge in [0.15, 0.2) is 0 Å². The first-order valence-electron chi connectivity index (χ1n) is 8.03. The fraction of sp³-hybridized carbons (Fsp3) is 0.316. The lowest BCUT2D eigenvalue weighted by atomic mass is 10.1. The summed E-state index contributed by atoms with van der Waals surface area (Å²) < 4.78 is 0. The molecule has 0 aliphatic heterocycles. The van der Waals surface area contributed by atoms with Crippen molar-refractivity contribution in [3.05, 3.63) is 64.1 Å². The monoisotopic (exact) mass is 364 g/mol. The van der Waals surface area contributed by atoms with E-state index in [2.05, 4.69) is 29.4 Å². The van der Waals surface area contributed by atoms with Crippen LogP contribution in [0.2, 0.25) is 10.0 Å². The van der Waals surface area contributed by atoms with Crippen LogP contribution in [-0.4, -0.2) is 26.0 Å². The molecule has 2 aromatic carbocycles. The number of nitrogens with zero attached hydrogens (tertiary/aromatic N) is 1. The standard InChI is InChI=1S/C19H22Cl2N2O/c1-23(16-6-3-2-4-7-16)13-5-12-22-19(24)11-9-15-8-10-17(20)18(21)14-15/h2-4,6-8,10,14H,5,9,11-13H2,1H3,(H,22,24). The van der Waals surface area contributed by atoms with Gasteiger partial charge in [-0.15, -0.1) is 0 Å². The van der Waals surface area contributed by atoms with Gasteiger partial charge in [-0.1, -0.05) is 47.5 Å². The van der Waals surface area contributed by atoms with Crippen molar-refractivity contribution < 1.29 is 4.79 Å². The molecule has 0 fully saturated rings. The van der Waals surface area contributed by atoms with Crippen LogP contribution in [0.25, 0.3) is 0 Å². The molecule has 0 aliphatic carbocycles. The lowest BCUT2D eigenvalue weighted by Gasteiger charge is -2.19. The predicted molar refractivity (Wildman–Crippen MR) is 102 cm³/mol. The van der Waals surface area contributed by atoms with Gasteiger partial charge in [-0.25, -0.2) is 0 Å². The Kier molecular flexibility index (Phi) is 7.41. The van der Waals surface area contributed by atoms with Crippen LogP contribution >= 0.6 is 23.2 Å². The Labute approximate surface area is 153 Å². The molecule has 0 heterocycles. The number of nitrogens with one attached hydrogen (secondary N) is 1. The summed E-state index contributed by atoms with van der Waals surface area (Å²) in [5.41, 5.74) is 2.20. The Morgan fingerprint density at radius 3 is 2.54 bits per heavy atom. The zero-order valence-electron chi connectivity index (χ0n) is 13.8. The molecule has 2 aromatic rings. The summed E-state index contributed by atoms with van der Waals surface area (Å²) in [6.45, 7) is 1.58. The molecule has 0 aliphatic rings. The second kappa shape index (κ2) is 9.55. The molecule has 24 heavy (non-hydrogen) atoms. The minimum Gasteiger partial charge on any atom is -0.375 e. The van der Waals surface area contributed by atoms with E-state index in [1.807, 2.05) is 30.3 Å². The van der Waals surface area contributed by atoms with E-state index in [0.29, 0.717) is 29.4 Å². The lowest BCUT2D eigenvalue weighted by molar-refractivity contribution is -0.121. The summed E-state index contributed by atoms with van der Waals surface area (Å²) in [4.78, 5) is 14.1. The first kappa shape index (κ1) is 18.6. The number of amides is 1. The number of benzene rings is 2. The smallest absolute Gasteiger partial charge is 0.220 e. The topological polar surface area (TPSA) is 32.3 Å². The SMILES string of the molecule is CN(CCCNC(=O)CCc1ccc(Cl)c(Cl)c1)c1ccccc1. The maximum absolute atomic E-state index is 11.9. The minimum atomic E-state index is 0.0587. The zero-order chi connectivity index (χ0) is 17.4. The maximum atomic E-state index is 11.9. The number of rotatable bonds is 8. The van der Waals surface area contributed by atoms with Crippen LogP contribution in [-0.2, 0) is 11.2 Å². The first-order valence-corrected chi connectivity index (χ1v) is 8.78. The summed E-state index contributed by atoms with van der Waals surface area (Å²) >= 11 is 11.9. The number of aryl methyl sites for hydroxylation is 1. The molecule has 1 N–H and O–H groups in total. The molecule has 0 aromatic heterocycles. The van der Waals surface area contributed by atoms with Gasteiger partial charge in [0.05, 0.1) is 10.0 Å². The Bertz CT molecular complexity index is 662. The highest BCUT2D eigenvalue weighted by atomic mass is 35.5. The van der Waals surface area contributed by atoms with Crippen molar-refractivity contribution in [2.45, 2.75) is 19.3 Å². The van der Waals surface area contributed by atoms with E-state index in [1.165, 1.54) is 5.69 Å². The minimum absolute atomic E-state index is 0.0587. The third kappa shape index (κ3) is 6.06. The molecule has 5 heteroatoms. The summed E-state index contributed by atoms with van der Waals surface area (Å²) in [6.07, 6.45) is 2.02. The maximum Gasteiger partial charge on any atom is 0.220 e. The molecule has 0 atom stereocenters. The van der Waals surface area contributed by atoms with Crippen LogP contribution in [0, 0.1) is 0 Å². The molecule has 2 rings (SSSR count). The van der Waals surface area contributed by atoms with Crippen molar-refractivity contribution >= 4 is 34.8 Å². The van der Waals surface area contributed by atoms with Crippen LogP contribution in [0.15, 0.2) is 48.5 Å². The molecule has 0 unspecified atom stereocenters. The van der Waals surface area contributed by atoms with Gasteiger partial charge in [0.1, 0.15) is 0 Å². The number of para-hydroxylation sites is 1. The molecule has 0 radical (unpaired) electrons.